The number of hydrogen-bond donors (Lipinski definition) is 1. The van der Waals surface area contributed by atoms with E-state index < -0.39 is 17.2 Å². The first-order valence-electron chi connectivity index (χ1n) is 10.5. The highest BCUT2D eigenvalue weighted by Gasteiger charge is 2.25. The van der Waals surface area contributed by atoms with Gasteiger partial charge in [0, 0.05) is 17.8 Å². The fraction of sp³-hybridized carbons (Fsp3) is 0.292. The first-order chi connectivity index (χ1) is 15.3. The lowest BCUT2D eigenvalue weighted by atomic mass is 10.00. The number of rotatable bonds is 1. The lowest BCUT2D eigenvalue weighted by Gasteiger charge is -2.26. The van der Waals surface area contributed by atoms with Crippen LogP contribution >= 0.6 is 0 Å². The normalized spacial score (nSPS) is 14.2. The Kier molecular flexibility index (Phi) is 4.79. The van der Waals surface area contributed by atoms with Gasteiger partial charge in [-0.15, -0.1) is 10.2 Å². The molecule has 5 rings (SSSR count). The molecular formula is C24H21F2N5O. The summed E-state index contributed by atoms with van der Waals surface area (Å²) in [5, 5.41) is 17.9. The molecule has 162 valence electrons. The number of aromatic nitrogens is 4. The Bertz CT molecular complexity index is 1410. The molecule has 0 saturated heterocycles. The molecule has 0 spiro atoms. The van der Waals surface area contributed by atoms with Gasteiger partial charge in [0.15, 0.2) is 0 Å². The molecule has 0 aliphatic carbocycles. The summed E-state index contributed by atoms with van der Waals surface area (Å²) in [5.74, 6) is 5.31. The van der Waals surface area contributed by atoms with Gasteiger partial charge in [-0.25, -0.2) is 8.78 Å². The minimum absolute atomic E-state index is 0.0544. The largest absolute Gasteiger partial charge is 0.378 e. The maximum Gasteiger partial charge on any atom is 0.257 e. The van der Waals surface area contributed by atoms with Crippen molar-refractivity contribution in [1.29, 1.82) is 0 Å². The quantitative estimate of drug-likeness (QED) is 0.457. The molecule has 1 N–H and O–H groups in total. The highest BCUT2D eigenvalue weighted by molar-refractivity contribution is 5.94. The molecule has 0 fully saturated rings. The van der Waals surface area contributed by atoms with Gasteiger partial charge in [-0.3, -0.25) is 4.40 Å². The molecule has 4 aromatic rings. The van der Waals surface area contributed by atoms with Gasteiger partial charge in [-0.2, -0.15) is 4.98 Å². The van der Waals surface area contributed by atoms with Gasteiger partial charge in [-0.1, -0.05) is 17.9 Å². The molecule has 32 heavy (non-hydrogen) atoms. The standard InChI is InChI=1S/C24H21F2N5O/c1-24(2,32)12-11-15-6-5-8-19-16(15)7-3-4-13-30(19)22-20-17(25)9-10-18(26)21(20)31-14-27-29-23(31)28-22/h5-6,8-10,14,32H,3-4,7,13H2,1-2H3. The summed E-state index contributed by atoms with van der Waals surface area (Å²) in [7, 11) is 0. The Morgan fingerprint density at radius 3 is 2.72 bits per heavy atom. The number of benzene rings is 2. The zero-order valence-corrected chi connectivity index (χ0v) is 17.7. The minimum atomic E-state index is -1.12. The second-order valence-electron chi connectivity index (χ2n) is 8.41. The van der Waals surface area contributed by atoms with Crippen LogP contribution in [0, 0.1) is 23.5 Å². The Balaban J connectivity index is 1.78. The van der Waals surface area contributed by atoms with Crippen LogP contribution in [0.3, 0.4) is 0 Å². The Morgan fingerprint density at radius 1 is 1.09 bits per heavy atom. The Labute approximate surface area is 183 Å². The lowest BCUT2D eigenvalue weighted by Crippen LogP contribution is -2.21. The minimum Gasteiger partial charge on any atom is -0.378 e. The van der Waals surface area contributed by atoms with E-state index in [0.29, 0.717) is 12.4 Å². The third-order valence-electron chi connectivity index (χ3n) is 5.54. The highest BCUT2D eigenvalue weighted by atomic mass is 19.1. The van der Waals surface area contributed by atoms with E-state index in [1.54, 1.807) is 13.8 Å². The van der Waals surface area contributed by atoms with Crippen LogP contribution in [0.1, 0.15) is 37.8 Å². The van der Waals surface area contributed by atoms with Crippen molar-refractivity contribution >= 4 is 28.2 Å². The van der Waals surface area contributed by atoms with Crippen LogP contribution in [-0.2, 0) is 6.42 Å². The second-order valence-corrected chi connectivity index (χ2v) is 8.41. The van der Waals surface area contributed by atoms with E-state index in [1.165, 1.54) is 10.7 Å². The van der Waals surface area contributed by atoms with Crippen molar-refractivity contribution in [3.05, 3.63) is 59.4 Å². The molecule has 1 aliphatic rings. The molecule has 8 heteroatoms. The van der Waals surface area contributed by atoms with Crippen LogP contribution in [0.25, 0.3) is 16.7 Å². The highest BCUT2D eigenvalue weighted by Crippen LogP contribution is 2.38. The summed E-state index contributed by atoms with van der Waals surface area (Å²) in [6.45, 7) is 3.85. The number of hydrogen-bond acceptors (Lipinski definition) is 5. The average molecular weight is 433 g/mol. The number of aliphatic hydroxyl groups is 1. The fourth-order valence-electron chi connectivity index (χ4n) is 4.14. The van der Waals surface area contributed by atoms with E-state index in [0.717, 1.165) is 48.2 Å². The van der Waals surface area contributed by atoms with E-state index >= 15 is 4.39 Å². The maximum atomic E-state index is 15.1. The third kappa shape index (κ3) is 3.45. The van der Waals surface area contributed by atoms with Crippen molar-refractivity contribution in [2.45, 2.75) is 38.7 Å². The van der Waals surface area contributed by atoms with E-state index in [1.807, 2.05) is 23.1 Å². The molecule has 0 bridgehead atoms. The summed E-state index contributed by atoms with van der Waals surface area (Å²) in [4.78, 5) is 6.49. The van der Waals surface area contributed by atoms with E-state index in [2.05, 4.69) is 27.0 Å². The van der Waals surface area contributed by atoms with Crippen molar-refractivity contribution in [3.8, 4) is 11.8 Å². The third-order valence-corrected chi connectivity index (χ3v) is 5.54. The zero-order chi connectivity index (χ0) is 22.5. The summed E-state index contributed by atoms with van der Waals surface area (Å²) in [6, 6.07) is 7.94. The second kappa shape index (κ2) is 7.53. The first kappa shape index (κ1) is 20.3. The summed E-state index contributed by atoms with van der Waals surface area (Å²) in [6.07, 6.45) is 3.86. The molecule has 0 amide bonds. The topological polar surface area (TPSA) is 66.5 Å². The number of nitrogens with zero attached hydrogens (tertiary/aromatic N) is 5. The predicted molar refractivity (Wildman–Crippen MR) is 118 cm³/mol. The Hall–Kier alpha value is -3.57. The number of halogens is 2. The van der Waals surface area contributed by atoms with E-state index in [9.17, 15) is 9.50 Å². The average Bonchev–Trinajstić information content (AvgIpc) is 3.12. The van der Waals surface area contributed by atoms with Crippen molar-refractivity contribution in [1.82, 2.24) is 19.6 Å². The van der Waals surface area contributed by atoms with Crippen molar-refractivity contribution in [2.75, 3.05) is 11.4 Å². The molecule has 0 saturated carbocycles. The molecule has 0 atom stereocenters. The van der Waals surface area contributed by atoms with Crippen LogP contribution in [0.2, 0.25) is 0 Å². The Morgan fingerprint density at radius 2 is 1.91 bits per heavy atom. The first-order valence-corrected chi connectivity index (χ1v) is 10.5. The smallest absolute Gasteiger partial charge is 0.257 e. The number of fused-ring (bicyclic) bond motifs is 4. The molecule has 2 aromatic heterocycles. The molecule has 3 heterocycles. The van der Waals surface area contributed by atoms with Gasteiger partial charge in [-0.05, 0) is 62.9 Å². The van der Waals surface area contributed by atoms with Crippen LogP contribution in [0.4, 0.5) is 20.3 Å². The van der Waals surface area contributed by atoms with Crippen LogP contribution < -0.4 is 4.90 Å². The fourth-order valence-corrected chi connectivity index (χ4v) is 4.14. The van der Waals surface area contributed by atoms with Gasteiger partial charge >= 0.3 is 0 Å². The van der Waals surface area contributed by atoms with Gasteiger partial charge in [0.05, 0.1) is 10.9 Å². The summed E-state index contributed by atoms with van der Waals surface area (Å²) in [5.41, 5.74) is 1.57. The van der Waals surface area contributed by atoms with Gasteiger partial charge in [0.1, 0.15) is 29.4 Å². The molecule has 1 aliphatic heterocycles. The van der Waals surface area contributed by atoms with Gasteiger partial charge in [0.25, 0.3) is 5.78 Å². The molecular weight excluding hydrogens is 412 g/mol. The molecule has 0 radical (unpaired) electrons. The SMILES string of the molecule is CC(C)(O)C#Cc1cccc2c1CCCCN2c1nc2nncn2c2c(F)ccc(F)c12. The maximum absolute atomic E-state index is 15.1. The molecule has 0 unspecified atom stereocenters. The van der Waals surface area contributed by atoms with Gasteiger partial charge in [0.2, 0.25) is 0 Å². The lowest BCUT2D eigenvalue weighted by molar-refractivity contribution is 0.143. The van der Waals surface area contributed by atoms with Crippen molar-refractivity contribution < 1.29 is 13.9 Å². The monoisotopic (exact) mass is 433 g/mol. The van der Waals surface area contributed by atoms with Gasteiger partial charge < -0.3 is 10.0 Å². The van der Waals surface area contributed by atoms with Crippen LogP contribution in [-0.4, -0.2) is 36.8 Å². The van der Waals surface area contributed by atoms with Crippen LogP contribution in [0.5, 0.6) is 0 Å². The van der Waals surface area contributed by atoms with E-state index in [-0.39, 0.29) is 16.7 Å². The molecule has 6 nitrogen and oxygen atoms in total. The van der Waals surface area contributed by atoms with Crippen molar-refractivity contribution in [2.24, 2.45) is 0 Å². The summed E-state index contributed by atoms with van der Waals surface area (Å²) < 4.78 is 31.3. The predicted octanol–water partition coefficient (Wildman–Crippen LogP) is 4.15. The zero-order valence-electron chi connectivity index (χ0n) is 17.7. The molecule has 2 aromatic carbocycles. The summed E-state index contributed by atoms with van der Waals surface area (Å²) >= 11 is 0. The number of anilines is 2. The van der Waals surface area contributed by atoms with E-state index in [4.69, 9.17) is 0 Å². The van der Waals surface area contributed by atoms with Crippen molar-refractivity contribution in [3.63, 3.8) is 0 Å². The van der Waals surface area contributed by atoms with Crippen LogP contribution in [0.15, 0.2) is 36.7 Å².